The van der Waals surface area contributed by atoms with Gasteiger partial charge in [0, 0.05) is 0 Å². The maximum absolute atomic E-state index is 5.88. The Morgan fingerprint density at radius 1 is 1.15 bits per heavy atom. The molecule has 1 N–H and O–H groups in total. The van der Waals surface area contributed by atoms with Crippen LogP contribution in [0.15, 0.2) is 16.6 Å². The molecule has 0 aliphatic rings. The highest BCUT2D eigenvalue weighted by molar-refractivity contribution is 9.10. The summed E-state index contributed by atoms with van der Waals surface area (Å²) in [7, 11) is 3.66. The summed E-state index contributed by atoms with van der Waals surface area (Å²) in [5.74, 6) is 1.82. The average Bonchev–Trinajstić information content (AvgIpc) is 2.46. The van der Waals surface area contributed by atoms with E-state index in [1.807, 2.05) is 13.1 Å². The van der Waals surface area contributed by atoms with E-state index in [4.69, 9.17) is 9.47 Å². The van der Waals surface area contributed by atoms with Crippen LogP contribution in [0.25, 0.3) is 0 Å². The van der Waals surface area contributed by atoms with Crippen LogP contribution in [-0.4, -0.2) is 27.3 Å². The van der Waals surface area contributed by atoms with E-state index in [0.29, 0.717) is 0 Å². The largest absolute Gasteiger partial charge is 0.496 e. The van der Waals surface area contributed by atoms with Crippen LogP contribution in [0.4, 0.5) is 0 Å². The van der Waals surface area contributed by atoms with Crippen molar-refractivity contribution >= 4 is 15.9 Å². The lowest BCUT2D eigenvalue weighted by Crippen LogP contribution is -2.11. The van der Waals surface area contributed by atoms with Crippen LogP contribution in [-0.2, 0) is 6.42 Å². The zero-order valence-electron chi connectivity index (χ0n) is 12.8. The van der Waals surface area contributed by atoms with Gasteiger partial charge in [0.2, 0.25) is 0 Å². The van der Waals surface area contributed by atoms with E-state index in [0.717, 1.165) is 42.0 Å². The molecule has 1 aromatic rings. The Morgan fingerprint density at radius 3 is 2.60 bits per heavy atom. The number of ether oxygens (including phenoxy) is 2. The lowest BCUT2D eigenvalue weighted by Gasteiger charge is -2.14. The molecule has 114 valence electrons. The van der Waals surface area contributed by atoms with E-state index in [1.165, 1.54) is 24.8 Å². The monoisotopic (exact) mass is 343 g/mol. The molecule has 1 rings (SSSR count). The molecule has 0 aliphatic heterocycles. The molecule has 20 heavy (non-hydrogen) atoms. The fourth-order valence-electron chi connectivity index (χ4n) is 2.04. The van der Waals surface area contributed by atoms with E-state index in [9.17, 15) is 0 Å². The first kappa shape index (κ1) is 17.3. The Morgan fingerprint density at radius 2 is 1.95 bits per heavy atom. The summed E-state index contributed by atoms with van der Waals surface area (Å²) < 4.78 is 12.3. The molecule has 0 aromatic heterocycles. The van der Waals surface area contributed by atoms with Gasteiger partial charge in [-0.3, -0.25) is 0 Å². The second kappa shape index (κ2) is 10.1. The lowest BCUT2D eigenvalue weighted by molar-refractivity contribution is 0.302. The second-order valence-electron chi connectivity index (χ2n) is 4.86. The number of hydrogen-bond donors (Lipinski definition) is 1. The van der Waals surface area contributed by atoms with Gasteiger partial charge in [-0.15, -0.1) is 0 Å². The number of methoxy groups -OCH3 is 1. The number of benzene rings is 1. The van der Waals surface area contributed by atoms with Crippen LogP contribution in [0.1, 0.15) is 38.2 Å². The quantitative estimate of drug-likeness (QED) is 0.646. The van der Waals surface area contributed by atoms with E-state index in [-0.39, 0.29) is 0 Å². The SMILES string of the molecule is CCCCCCOc1cc(CCNC)c(OC)cc1Br. The van der Waals surface area contributed by atoms with Gasteiger partial charge in [0.1, 0.15) is 11.5 Å². The van der Waals surface area contributed by atoms with E-state index < -0.39 is 0 Å². The van der Waals surface area contributed by atoms with Gasteiger partial charge in [-0.1, -0.05) is 26.2 Å². The minimum atomic E-state index is 0.774. The summed E-state index contributed by atoms with van der Waals surface area (Å²) in [6, 6.07) is 4.08. The van der Waals surface area contributed by atoms with Gasteiger partial charge in [-0.25, -0.2) is 0 Å². The van der Waals surface area contributed by atoms with E-state index in [2.05, 4.69) is 34.2 Å². The van der Waals surface area contributed by atoms with Crippen molar-refractivity contribution in [3.63, 3.8) is 0 Å². The third-order valence-corrected chi connectivity index (χ3v) is 3.85. The van der Waals surface area contributed by atoms with Crippen LogP contribution >= 0.6 is 15.9 Å². The van der Waals surface area contributed by atoms with Crippen LogP contribution in [0.3, 0.4) is 0 Å². The normalized spacial score (nSPS) is 10.6. The number of likely N-dealkylation sites (N-methyl/N-ethyl adjacent to an activating group) is 1. The predicted molar refractivity (Wildman–Crippen MR) is 88.0 cm³/mol. The predicted octanol–water partition coefficient (Wildman–Crippen LogP) is 4.18. The van der Waals surface area contributed by atoms with Gasteiger partial charge >= 0.3 is 0 Å². The molecular formula is C16H26BrNO2. The van der Waals surface area contributed by atoms with Crippen LogP contribution in [0.5, 0.6) is 11.5 Å². The molecular weight excluding hydrogens is 318 g/mol. The van der Waals surface area contributed by atoms with E-state index in [1.54, 1.807) is 7.11 Å². The highest BCUT2D eigenvalue weighted by atomic mass is 79.9. The number of nitrogens with one attached hydrogen (secondary N) is 1. The van der Waals surface area contributed by atoms with Crippen LogP contribution in [0, 0.1) is 0 Å². The first-order valence-electron chi connectivity index (χ1n) is 7.36. The highest BCUT2D eigenvalue weighted by Crippen LogP contribution is 2.33. The van der Waals surface area contributed by atoms with Crippen molar-refractivity contribution in [2.24, 2.45) is 0 Å². The van der Waals surface area contributed by atoms with Crippen molar-refractivity contribution < 1.29 is 9.47 Å². The molecule has 0 atom stereocenters. The average molecular weight is 344 g/mol. The molecule has 0 saturated carbocycles. The van der Waals surface area contributed by atoms with Crippen molar-refractivity contribution in [2.75, 3.05) is 27.3 Å². The standard InChI is InChI=1S/C16H26BrNO2/c1-4-5-6-7-10-20-16-11-13(8-9-18-2)15(19-3)12-14(16)17/h11-12,18H,4-10H2,1-3H3. The Hall–Kier alpha value is -0.740. The molecule has 1 aromatic carbocycles. The van der Waals surface area contributed by atoms with Gasteiger partial charge in [0.25, 0.3) is 0 Å². The van der Waals surface area contributed by atoms with E-state index >= 15 is 0 Å². The summed E-state index contributed by atoms with van der Waals surface area (Å²) in [4.78, 5) is 0. The van der Waals surface area contributed by atoms with Gasteiger partial charge in [-0.2, -0.15) is 0 Å². The molecule has 0 spiro atoms. The van der Waals surface area contributed by atoms with Gasteiger partial charge in [0.15, 0.2) is 0 Å². The van der Waals surface area contributed by atoms with Crippen molar-refractivity contribution in [2.45, 2.75) is 39.0 Å². The molecule has 0 fully saturated rings. The maximum atomic E-state index is 5.88. The van der Waals surface area contributed by atoms with Crippen LogP contribution < -0.4 is 14.8 Å². The summed E-state index contributed by atoms with van der Waals surface area (Å²) in [6.45, 7) is 3.92. The van der Waals surface area contributed by atoms with Crippen molar-refractivity contribution in [1.29, 1.82) is 0 Å². The first-order valence-corrected chi connectivity index (χ1v) is 8.16. The molecule has 0 unspecified atom stereocenters. The number of unbranched alkanes of at least 4 members (excludes halogenated alkanes) is 3. The zero-order valence-corrected chi connectivity index (χ0v) is 14.4. The fourth-order valence-corrected chi connectivity index (χ4v) is 2.48. The summed E-state index contributed by atoms with van der Waals surface area (Å²) in [5, 5.41) is 3.16. The minimum Gasteiger partial charge on any atom is -0.496 e. The topological polar surface area (TPSA) is 30.5 Å². The summed E-state index contributed by atoms with van der Waals surface area (Å²) in [5.41, 5.74) is 1.17. The molecule has 0 bridgehead atoms. The van der Waals surface area contributed by atoms with Crippen molar-refractivity contribution in [1.82, 2.24) is 5.32 Å². The zero-order chi connectivity index (χ0) is 14.8. The Bertz CT molecular complexity index is 396. The number of halogens is 1. The summed E-state index contributed by atoms with van der Waals surface area (Å²) in [6.07, 6.45) is 5.80. The summed E-state index contributed by atoms with van der Waals surface area (Å²) >= 11 is 3.55. The maximum Gasteiger partial charge on any atom is 0.134 e. The minimum absolute atomic E-state index is 0.774. The lowest BCUT2D eigenvalue weighted by atomic mass is 10.1. The third-order valence-electron chi connectivity index (χ3n) is 3.23. The van der Waals surface area contributed by atoms with Crippen LogP contribution in [0.2, 0.25) is 0 Å². The smallest absolute Gasteiger partial charge is 0.134 e. The van der Waals surface area contributed by atoms with Gasteiger partial charge < -0.3 is 14.8 Å². The Labute approximate surface area is 131 Å². The molecule has 0 heterocycles. The first-order chi connectivity index (χ1) is 9.72. The Balaban J connectivity index is 2.64. The number of hydrogen-bond acceptors (Lipinski definition) is 3. The molecule has 0 radical (unpaired) electrons. The van der Waals surface area contributed by atoms with Crippen molar-refractivity contribution in [3.05, 3.63) is 22.2 Å². The van der Waals surface area contributed by atoms with Gasteiger partial charge in [0.05, 0.1) is 18.2 Å². The molecule has 0 aliphatic carbocycles. The number of rotatable bonds is 10. The fraction of sp³-hybridized carbons (Fsp3) is 0.625. The van der Waals surface area contributed by atoms with Gasteiger partial charge in [-0.05, 0) is 60.1 Å². The highest BCUT2D eigenvalue weighted by Gasteiger charge is 2.09. The Kier molecular flexibility index (Phi) is 8.70. The molecule has 3 nitrogen and oxygen atoms in total. The second-order valence-corrected chi connectivity index (χ2v) is 5.71. The van der Waals surface area contributed by atoms with Crippen molar-refractivity contribution in [3.8, 4) is 11.5 Å². The molecule has 0 amide bonds. The third kappa shape index (κ3) is 5.71. The molecule has 0 saturated heterocycles. The molecule has 4 heteroatoms.